The molecule has 6 nitrogen and oxygen atoms in total. The topological polar surface area (TPSA) is 71.4 Å². The van der Waals surface area contributed by atoms with Crippen LogP contribution >= 0.6 is 11.3 Å². The van der Waals surface area contributed by atoms with Crippen LogP contribution in [0.15, 0.2) is 29.5 Å². The molecule has 7 heteroatoms. The Hall–Kier alpha value is -2.15. The Labute approximate surface area is 160 Å². The Kier molecular flexibility index (Phi) is 8.89. The monoisotopic (exact) mass is 375 g/mol. The molecule has 0 fully saturated rings. The first-order valence-electron chi connectivity index (χ1n) is 9.29. The molecule has 142 valence electrons. The molecule has 0 bridgehead atoms. The van der Waals surface area contributed by atoms with Gasteiger partial charge in [0.25, 0.3) is 0 Å². The molecule has 2 aromatic rings. The van der Waals surface area contributed by atoms with Gasteiger partial charge in [0.15, 0.2) is 5.96 Å². The van der Waals surface area contributed by atoms with E-state index in [2.05, 4.69) is 46.4 Å². The van der Waals surface area contributed by atoms with Crippen LogP contribution in [0.2, 0.25) is 0 Å². The summed E-state index contributed by atoms with van der Waals surface area (Å²) in [6, 6.07) is 3.92. The molecule has 0 saturated heterocycles. The molecule has 2 aromatic heterocycles. The predicted molar refractivity (Wildman–Crippen MR) is 108 cm³/mol. The Morgan fingerprint density at radius 1 is 1.23 bits per heavy atom. The second-order valence-corrected chi connectivity index (χ2v) is 6.96. The van der Waals surface area contributed by atoms with Crippen LogP contribution in [-0.2, 0) is 19.4 Å². The molecule has 0 unspecified atom stereocenters. The highest BCUT2D eigenvalue weighted by molar-refractivity contribution is 7.11. The second kappa shape index (κ2) is 11.5. The molecule has 0 aliphatic carbocycles. The largest absolute Gasteiger partial charge is 0.477 e. The van der Waals surface area contributed by atoms with Gasteiger partial charge in [-0.2, -0.15) is 0 Å². The van der Waals surface area contributed by atoms with E-state index in [1.807, 2.05) is 18.3 Å². The first-order chi connectivity index (χ1) is 12.8. The van der Waals surface area contributed by atoms with Gasteiger partial charge in [0.2, 0.25) is 5.88 Å². The predicted octanol–water partition coefficient (Wildman–Crippen LogP) is 3.19. The van der Waals surface area contributed by atoms with E-state index >= 15 is 0 Å². The number of ether oxygens (including phenoxy) is 1. The van der Waals surface area contributed by atoms with E-state index in [9.17, 15) is 0 Å². The van der Waals surface area contributed by atoms with Crippen molar-refractivity contribution in [3.05, 3.63) is 40.0 Å². The molecule has 0 spiro atoms. The smallest absolute Gasteiger partial charge is 0.218 e. The van der Waals surface area contributed by atoms with Crippen molar-refractivity contribution in [1.82, 2.24) is 20.6 Å². The summed E-state index contributed by atoms with van der Waals surface area (Å²) in [4.78, 5) is 14.8. The molecule has 2 N–H and O–H groups in total. The van der Waals surface area contributed by atoms with Crippen LogP contribution in [0.1, 0.15) is 42.6 Å². The van der Waals surface area contributed by atoms with E-state index in [-0.39, 0.29) is 0 Å². The summed E-state index contributed by atoms with van der Waals surface area (Å²) >= 11 is 1.78. The minimum Gasteiger partial charge on any atom is -0.477 e. The number of guanidine groups is 1. The summed E-state index contributed by atoms with van der Waals surface area (Å²) < 4.78 is 5.70. The third-order valence-corrected chi connectivity index (χ3v) is 4.83. The third kappa shape index (κ3) is 6.63. The maximum Gasteiger partial charge on any atom is 0.218 e. The van der Waals surface area contributed by atoms with Crippen LogP contribution in [-0.4, -0.2) is 35.6 Å². The minimum absolute atomic E-state index is 0.527. The highest BCUT2D eigenvalue weighted by atomic mass is 32.1. The van der Waals surface area contributed by atoms with Gasteiger partial charge in [-0.05, 0) is 25.8 Å². The lowest BCUT2D eigenvalue weighted by molar-refractivity contribution is 0.302. The van der Waals surface area contributed by atoms with Gasteiger partial charge in [-0.25, -0.2) is 15.0 Å². The summed E-state index contributed by atoms with van der Waals surface area (Å²) in [5.41, 5.74) is 0.991. The number of aryl methyl sites for hydroxylation is 1. The zero-order valence-corrected chi connectivity index (χ0v) is 16.7. The summed E-state index contributed by atoms with van der Waals surface area (Å²) in [6.07, 6.45) is 6.62. The van der Waals surface area contributed by atoms with Gasteiger partial charge in [-0.15, -0.1) is 11.3 Å². The zero-order valence-electron chi connectivity index (χ0n) is 15.9. The van der Waals surface area contributed by atoms with Crippen LogP contribution in [0.4, 0.5) is 0 Å². The molecule has 0 saturated carbocycles. The molecule has 0 atom stereocenters. The van der Waals surface area contributed by atoms with Crippen molar-refractivity contribution >= 4 is 17.3 Å². The number of aliphatic imine (C=N–C) groups is 1. The number of thiazole rings is 1. The van der Waals surface area contributed by atoms with E-state index in [0.717, 1.165) is 48.9 Å². The first-order valence-corrected chi connectivity index (χ1v) is 10.1. The molecule has 0 aromatic carbocycles. The molecule has 26 heavy (non-hydrogen) atoms. The normalized spacial score (nSPS) is 11.4. The van der Waals surface area contributed by atoms with Gasteiger partial charge >= 0.3 is 0 Å². The Morgan fingerprint density at radius 2 is 2.12 bits per heavy atom. The number of pyridine rings is 1. The van der Waals surface area contributed by atoms with Crippen molar-refractivity contribution in [2.24, 2.45) is 4.99 Å². The van der Waals surface area contributed by atoms with Gasteiger partial charge < -0.3 is 15.4 Å². The lowest BCUT2D eigenvalue weighted by Crippen LogP contribution is -2.38. The average molecular weight is 376 g/mol. The summed E-state index contributed by atoms with van der Waals surface area (Å²) in [5.74, 6) is 1.47. The van der Waals surface area contributed by atoms with Crippen LogP contribution in [0.3, 0.4) is 0 Å². The molecular weight excluding hydrogens is 346 g/mol. The number of aromatic nitrogens is 2. The molecule has 0 aliphatic rings. The van der Waals surface area contributed by atoms with Gasteiger partial charge in [0, 0.05) is 42.3 Å². The van der Waals surface area contributed by atoms with Crippen molar-refractivity contribution in [2.45, 2.75) is 46.6 Å². The van der Waals surface area contributed by atoms with Crippen molar-refractivity contribution < 1.29 is 4.74 Å². The van der Waals surface area contributed by atoms with Crippen molar-refractivity contribution in [2.75, 3.05) is 19.7 Å². The van der Waals surface area contributed by atoms with E-state index in [0.29, 0.717) is 19.0 Å². The van der Waals surface area contributed by atoms with Gasteiger partial charge in [-0.3, -0.25) is 0 Å². The number of nitrogens with zero attached hydrogens (tertiary/aromatic N) is 3. The SMILES string of the molecule is CCCOc1ncccc1CN=C(NCC)NCCc1ncc(CC)s1. The Balaban J connectivity index is 1.91. The van der Waals surface area contributed by atoms with Crippen molar-refractivity contribution in [1.29, 1.82) is 0 Å². The highest BCUT2D eigenvalue weighted by Gasteiger charge is 2.05. The highest BCUT2D eigenvalue weighted by Crippen LogP contribution is 2.16. The fourth-order valence-corrected chi connectivity index (χ4v) is 3.16. The second-order valence-electron chi connectivity index (χ2n) is 5.76. The zero-order chi connectivity index (χ0) is 18.6. The van der Waals surface area contributed by atoms with Crippen molar-refractivity contribution in [3.8, 4) is 5.88 Å². The third-order valence-electron chi connectivity index (χ3n) is 3.63. The molecular formula is C19H29N5OS. The Bertz CT molecular complexity index is 686. The molecule has 0 amide bonds. The van der Waals surface area contributed by atoms with Crippen LogP contribution < -0.4 is 15.4 Å². The summed E-state index contributed by atoms with van der Waals surface area (Å²) in [7, 11) is 0. The first kappa shape index (κ1) is 20.2. The van der Waals surface area contributed by atoms with E-state index < -0.39 is 0 Å². The minimum atomic E-state index is 0.527. The summed E-state index contributed by atoms with van der Waals surface area (Å²) in [5, 5.41) is 7.81. The quantitative estimate of drug-likeness (QED) is 0.493. The van der Waals surface area contributed by atoms with E-state index in [4.69, 9.17) is 4.74 Å². The summed E-state index contributed by atoms with van der Waals surface area (Å²) in [6.45, 7) is 9.11. The van der Waals surface area contributed by atoms with E-state index in [1.54, 1.807) is 17.5 Å². The number of rotatable bonds is 10. The maximum atomic E-state index is 5.70. The molecule has 2 heterocycles. The Morgan fingerprint density at radius 3 is 2.85 bits per heavy atom. The van der Waals surface area contributed by atoms with Gasteiger partial charge in [-0.1, -0.05) is 19.9 Å². The molecule has 0 aliphatic heterocycles. The van der Waals surface area contributed by atoms with Crippen LogP contribution in [0.25, 0.3) is 0 Å². The number of hydrogen-bond donors (Lipinski definition) is 2. The fraction of sp³-hybridized carbons (Fsp3) is 0.526. The van der Waals surface area contributed by atoms with Gasteiger partial charge in [0.05, 0.1) is 18.2 Å². The van der Waals surface area contributed by atoms with Gasteiger partial charge in [0.1, 0.15) is 0 Å². The molecule has 2 rings (SSSR count). The number of hydrogen-bond acceptors (Lipinski definition) is 5. The average Bonchev–Trinajstić information content (AvgIpc) is 3.13. The van der Waals surface area contributed by atoms with Crippen molar-refractivity contribution in [3.63, 3.8) is 0 Å². The fourth-order valence-electron chi connectivity index (χ4n) is 2.29. The standard InChI is InChI=1S/C19H29N5OS/c1-4-12-25-18-15(8-7-10-21-18)13-24-19(20-6-3)22-11-9-17-23-14-16(5-2)26-17/h7-8,10,14H,4-6,9,11-13H2,1-3H3,(H2,20,22,24). The van der Waals surface area contributed by atoms with E-state index in [1.165, 1.54) is 4.88 Å². The van der Waals surface area contributed by atoms with Crippen LogP contribution in [0, 0.1) is 0 Å². The molecule has 0 radical (unpaired) electrons. The van der Waals surface area contributed by atoms with Crippen LogP contribution in [0.5, 0.6) is 5.88 Å². The lowest BCUT2D eigenvalue weighted by Gasteiger charge is -2.12. The number of nitrogens with one attached hydrogen (secondary N) is 2. The lowest BCUT2D eigenvalue weighted by atomic mass is 10.3. The maximum absolute atomic E-state index is 5.70.